The second-order valence-electron chi connectivity index (χ2n) is 11.5. The number of esters is 1. The molecule has 2 heterocycles. The minimum absolute atomic E-state index is 0.0928. The molecule has 0 unspecified atom stereocenters. The van der Waals surface area contributed by atoms with E-state index in [1.165, 1.54) is 24.3 Å². The second kappa shape index (κ2) is 15.3. The molecule has 1 aliphatic heterocycles. The maximum absolute atomic E-state index is 13.9. The van der Waals surface area contributed by atoms with Crippen LogP contribution in [0.15, 0.2) is 71.9 Å². The number of carbonyl (C=O) groups excluding carboxylic acids is 3. The van der Waals surface area contributed by atoms with Crippen LogP contribution in [0, 0.1) is 11.6 Å². The minimum Gasteiger partial charge on any atom is -0.462 e. The van der Waals surface area contributed by atoms with Crippen LogP contribution in [0.3, 0.4) is 0 Å². The second-order valence-corrected chi connectivity index (χ2v) is 12.5. The van der Waals surface area contributed by atoms with Gasteiger partial charge >= 0.3 is 12.1 Å². The third kappa shape index (κ3) is 9.48. The molecule has 1 saturated heterocycles. The van der Waals surface area contributed by atoms with Crippen molar-refractivity contribution in [2.75, 3.05) is 38.5 Å². The fourth-order valence-electron chi connectivity index (χ4n) is 4.98. The van der Waals surface area contributed by atoms with E-state index >= 15 is 0 Å². The molecular formula is C33H38F2N4O5S. The highest BCUT2D eigenvalue weighted by Crippen LogP contribution is 2.30. The maximum Gasteiger partial charge on any atom is 0.408 e. The number of piperazine rings is 1. The number of alkyl carbamates (subject to hydrolysis) is 1. The maximum atomic E-state index is 13.9. The number of nitrogens with one attached hydrogen (secondary N) is 1. The number of hydrogen-bond donors (Lipinski definition) is 1. The molecule has 0 radical (unpaired) electrons. The first-order chi connectivity index (χ1) is 21.4. The van der Waals surface area contributed by atoms with Crippen molar-refractivity contribution in [3.05, 3.63) is 95.2 Å². The Balaban J connectivity index is 1.50. The predicted molar refractivity (Wildman–Crippen MR) is 167 cm³/mol. The zero-order chi connectivity index (χ0) is 32.6. The van der Waals surface area contributed by atoms with Crippen molar-refractivity contribution in [2.45, 2.75) is 50.4 Å². The van der Waals surface area contributed by atoms with Crippen LogP contribution in [0.25, 0.3) is 0 Å². The highest BCUT2D eigenvalue weighted by atomic mass is 32.2. The summed E-state index contributed by atoms with van der Waals surface area (Å²) in [4.78, 5) is 47.2. The first-order valence-corrected chi connectivity index (χ1v) is 15.7. The van der Waals surface area contributed by atoms with Crippen molar-refractivity contribution < 1.29 is 32.6 Å². The Bertz CT molecular complexity index is 1410. The monoisotopic (exact) mass is 640 g/mol. The summed E-state index contributed by atoms with van der Waals surface area (Å²) in [6, 6.07) is 14.4. The van der Waals surface area contributed by atoms with E-state index in [9.17, 15) is 23.2 Å². The number of benzene rings is 2. The lowest BCUT2D eigenvalue weighted by Gasteiger charge is -2.40. The summed E-state index contributed by atoms with van der Waals surface area (Å²) in [6.45, 7) is 8.77. The molecule has 0 aliphatic carbocycles. The van der Waals surface area contributed by atoms with E-state index < -0.39 is 23.7 Å². The molecule has 1 N–H and O–H groups in total. The first kappa shape index (κ1) is 33.9. The number of nitrogens with zero attached hydrogens (tertiary/aromatic N) is 3. The SMILES string of the molecule is CCOC(=O)c1cccnc1SC[C@H](NC(=O)OC(C)(C)C)C(=O)N1CCN(C(c2ccc(F)cc2)c2ccc(F)cc2)CC1. The number of rotatable bonds is 10. The van der Waals surface area contributed by atoms with Gasteiger partial charge in [0.2, 0.25) is 5.91 Å². The highest BCUT2D eigenvalue weighted by molar-refractivity contribution is 7.99. The van der Waals surface area contributed by atoms with Crippen LogP contribution in [-0.2, 0) is 14.3 Å². The summed E-state index contributed by atoms with van der Waals surface area (Å²) < 4.78 is 38.1. The van der Waals surface area contributed by atoms with Gasteiger partial charge in [0.05, 0.1) is 18.2 Å². The van der Waals surface area contributed by atoms with Gasteiger partial charge in [0.15, 0.2) is 0 Å². The summed E-state index contributed by atoms with van der Waals surface area (Å²) in [6.07, 6.45) is 0.806. The van der Waals surface area contributed by atoms with Crippen LogP contribution in [0.1, 0.15) is 55.2 Å². The van der Waals surface area contributed by atoms with Gasteiger partial charge in [0.25, 0.3) is 0 Å². The molecular weight excluding hydrogens is 602 g/mol. The van der Waals surface area contributed by atoms with E-state index in [0.717, 1.165) is 22.9 Å². The lowest BCUT2D eigenvalue weighted by atomic mass is 9.96. The number of halogens is 2. The molecule has 2 aromatic carbocycles. The van der Waals surface area contributed by atoms with Crippen LogP contribution in [0.2, 0.25) is 0 Å². The van der Waals surface area contributed by atoms with E-state index in [-0.39, 0.29) is 41.5 Å². The lowest BCUT2D eigenvalue weighted by molar-refractivity contribution is -0.134. The summed E-state index contributed by atoms with van der Waals surface area (Å²) >= 11 is 1.16. The smallest absolute Gasteiger partial charge is 0.408 e. The van der Waals surface area contributed by atoms with Gasteiger partial charge in [-0.3, -0.25) is 9.69 Å². The summed E-state index contributed by atoms with van der Waals surface area (Å²) in [7, 11) is 0. The molecule has 12 heteroatoms. The highest BCUT2D eigenvalue weighted by Gasteiger charge is 2.33. The molecule has 1 fully saturated rings. The Hall–Kier alpha value is -4.03. The van der Waals surface area contributed by atoms with Gasteiger partial charge < -0.3 is 19.7 Å². The van der Waals surface area contributed by atoms with Crippen LogP contribution < -0.4 is 5.32 Å². The van der Waals surface area contributed by atoms with Crippen molar-refractivity contribution >= 4 is 29.7 Å². The fraction of sp³-hybridized carbons (Fsp3) is 0.394. The largest absolute Gasteiger partial charge is 0.462 e. The van der Waals surface area contributed by atoms with Gasteiger partial charge in [0, 0.05) is 38.1 Å². The molecule has 0 bridgehead atoms. The molecule has 1 aliphatic rings. The van der Waals surface area contributed by atoms with Gasteiger partial charge in [-0.25, -0.2) is 23.4 Å². The first-order valence-electron chi connectivity index (χ1n) is 14.7. The number of carbonyl (C=O) groups is 3. The number of hydrogen-bond acceptors (Lipinski definition) is 8. The molecule has 0 spiro atoms. The van der Waals surface area contributed by atoms with E-state index in [0.29, 0.717) is 31.2 Å². The quantitative estimate of drug-likeness (QED) is 0.231. The fourth-order valence-corrected chi connectivity index (χ4v) is 5.97. The van der Waals surface area contributed by atoms with Crippen molar-refractivity contribution in [3.63, 3.8) is 0 Å². The summed E-state index contributed by atoms with van der Waals surface area (Å²) in [5.41, 5.74) is 1.19. The Morgan fingerprint density at radius 3 is 2.04 bits per heavy atom. The Kier molecular flexibility index (Phi) is 11.5. The number of thioether (sulfide) groups is 1. The van der Waals surface area contributed by atoms with Crippen LogP contribution >= 0.6 is 11.8 Å². The van der Waals surface area contributed by atoms with Gasteiger partial charge in [-0.05, 0) is 75.2 Å². The number of ether oxygens (including phenoxy) is 2. The molecule has 2 amide bonds. The summed E-state index contributed by atoms with van der Waals surface area (Å²) in [5.74, 6) is -1.44. The molecule has 240 valence electrons. The summed E-state index contributed by atoms with van der Waals surface area (Å²) in [5, 5.41) is 3.09. The number of aromatic nitrogens is 1. The Labute approximate surface area is 266 Å². The van der Waals surface area contributed by atoms with E-state index in [2.05, 4.69) is 15.2 Å². The van der Waals surface area contributed by atoms with Crippen LogP contribution in [0.5, 0.6) is 0 Å². The normalized spacial score (nSPS) is 14.6. The van der Waals surface area contributed by atoms with Gasteiger partial charge in [-0.15, -0.1) is 11.8 Å². The van der Waals surface area contributed by atoms with Gasteiger partial charge in [0.1, 0.15) is 28.3 Å². The minimum atomic E-state index is -0.974. The molecule has 45 heavy (non-hydrogen) atoms. The van der Waals surface area contributed by atoms with Crippen molar-refractivity contribution in [1.29, 1.82) is 0 Å². The van der Waals surface area contributed by atoms with Gasteiger partial charge in [-0.1, -0.05) is 24.3 Å². The molecule has 1 aromatic heterocycles. The Morgan fingerprint density at radius 1 is 0.933 bits per heavy atom. The zero-order valence-corrected chi connectivity index (χ0v) is 26.6. The Morgan fingerprint density at radius 2 is 1.51 bits per heavy atom. The van der Waals surface area contributed by atoms with Crippen molar-refractivity contribution in [1.82, 2.24) is 20.1 Å². The van der Waals surface area contributed by atoms with Crippen molar-refractivity contribution in [3.8, 4) is 0 Å². The molecule has 0 saturated carbocycles. The molecule has 9 nitrogen and oxygen atoms in total. The van der Waals surface area contributed by atoms with Crippen LogP contribution in [0.4, 0.5) is 13.6 Å². The number of pyridine rings is 1. The van der Waals surface area contributed by atoms with E-state index in [1.54, 1.807) is 75.2 Å². The third-order valence-electron chi connectivity index (χ3n) is 7.00. The lowest BCUT2D eigenvalue weighted by Crippen LogP contribution is -2.56. The predicted octanol–water partition coefficient (Wildman–Crippen LogP) is 5.46. The van der Waals surface area contributed by atoms with Crippen LogP contribution in [-0.4, -0.2) is 82.9 Å². The van der Waals surface area contributed by atoms with Crippen molar-refractivity contribution in [2.24, 2.45) is 0 Å². The standard InChI is InChI=1S/C33H38F2N4O5S/c1-5-43-31(41)26-7-6-16-36-29(26)45-21-27(37-32(42)44-33(2,3)4)30(40)39-19-17-38(18-20-39)28(22-8-12-24(34)13-9-22)23-10-14-25(35)15-11-23/h6-16,27-28H,5,17-21H2,1-4H3,(H,37,42)/t27-/m0/s1. The average molecular weight is 641 g/mol. The molecule has 4 rings (SSSR count). The topological polar surface area (TPSA) is 101 Å². The zero-order valence-electron chi connectivity index (χ0n) is 25.8. The molecule has 1 atom stereocenters. The third-order valence-corrected chi connectivity index (χ3v) is 8.10. The van der Waals surface area contributed by atoms with E-state index in [4.69, 9.17) is 9.47 Å². The average Bonchev–Trinajstić information content (AvgIpc) is 3.00. The number of amides is 2. The molecule has 3 aromatic rings. The van der Waals surface area contributed by atoms with E-state index in [1.807, 2.05) is 0 Å². The van der Waals surface area contributed by atoms with Gasteiger partial charge in [-0.2, -0.15) is 0 Å².